The highest BCUT2D eigenvalue weighted by atomic mass is 79.9. The highest BCUT2D eigenvalue weighted by Crippen LogP contribution is 2.33. The molecule has 0 aromatic carbocycles. The summed E-state index contributed by atoms with van der Waals surface area (Å²) in [5, 5.41) is 11.0. The Balaban J connectivity index is 2.65. The number of carbonyl (C=O) groups is 1. The van der Waals surface area contributed by atoms with Gasteiger partial charge in [0.25, 0.3) is 0 Å². The van der Waals surface area contributed by atoms with Crippen molar-refractivity contribution in [2.24, 2.45) is 0 Å². The molecular formula is C10H7BrN2O2S. The molecule has 2 aromatic heterocycles. The summed E-state index contributed by atoms with van der Waals surface area (Å²) in [6.07, 6.45) is 1.50. The number of pyridine rings is 1. The Hall–Kier alpha value is -1.40. The second-order valence-electron chi connectivity index (χ2n) is 3.05. The smallest absolute Gasteiger partial charge is 0.340 e. The van der Waals surface area contributed by atoms with Gasteiger partial charge in [-0.2, -0.15) is 0 Å². The highest BCUT2D eigenvalue weighted by Gasteiger charge is 2.17. The molecule has 0 aliphatic rings. The van der Waals surface area contributed by atoms with Gasteiger partial charge in [-0.25, -0.2) is 9.78 Å². The Morgan fingerprint density at radius 1 is 1.56 bits per heavy atom. The predicted octanol–water partition coefficient (Wildman–Crippen LogP) is 2.85. The maximum Gasteiger partial charge on any atom is 0.340 e. The lowest BCUT2D eigenvalue weighted by Crippen LogP contribution is -2.06. The molecule has 0 aliphatic carbocycles. The van der Waals surface area contributed by atoms with E-state index in [0.717, 1.165) is 9.35 Å². The number of anilines is 1. The van der Waals surface area contributed by atoms with E-state index in [4.69, 9.17) is 10.8 Å². The first-order valence-corrected chi connectivity index (χ1v) is 5.99. The summed E-state index contributed by atoms with van der Waals surface area (Å²) in [5.74, 6) is -1.03. The number of hydrogen-bond acceptors (Lipinski definition) is 4. The van der Waals surface area contributed by atoms with E-state index in [9.17, 15) is 4.79 Å². The van der Waals surface area contributed by atoms with Crippen molar-refractivity contribution in [2.45, 2.75) is 0 Å². The maximum absolute atomic E-state index is 11.1. The van der Waals surface area contributed by atoms with Gasteiger partial charge in [0, 0.05) is 26.5 Å². The SMILES string of the molecule is Nc1nccc(-c2cc(Br)cs2)c1C(=O)O. The predicted molar refractivity (Wildman–Crippen MR) is 66.6 cm³/mol. The van der Waals surface area contributed by atoms with E-state index < -0.39 is 5.97 Å². The molecule has 0 saturated carbocycles. The third-order valence-corrected chi connectivity index (χ3v) is 3.75. The van der Waals surface area contributed by atoms with Crippen molar-refractivity contribution in [1.29, 1.82) is 0 Å². The molecule has 82 valence electrons. The van der Waals surface area contributed by atoms with Crippen LogP contribution in [0.5, 0.6) is 0 Å². The second kappa shape index (κ2) is 4.23. The summed E-state index contributed by atoms with van der Waals surface area (Å²) in [7, 11) is 0. The van der Waals surface area contributed by atoms with Gasteiger partial charge in [-0.05, 0) is 28.1 Å². The number of carboxylic acid groups (broad SMARTS) is 1. The minimum atomic E-state index is -1.06. The van der Waals surface area contributed by atoms with E-state index in [1.165, 1.54) is 17.5 Å². The van der Waals surface area contributed by atoms with Crippen molar-refractivity contribution < 1.29 is 9.90 Å². The fourth-order valence-corrected chi connectivity index (χ4v) is 2.82. The average molecular weight is 299 g/mol. The Morgan fingerprint density at radius 2 is 2.31 bits per heavy atom. The van der Waals surface area contributed by atoms with Crippen molar-refractivity contribution in [3.63, 3.8) is 0 Å². The van der Waals surface area contributed by atoms with E-state index in [1.807, 2.05) is 11.4 Å². The first kappa shape index (κ1) is 11.1. The molecule has 0 saturated heterocycles. The first-order chi connectivity index (χ1) is 7.59. The topological polar surface area (TPSA) is 76.2 Å². The Kier molecular flexibility index (Phi) is 2.93. The fourth-order valence-electron chi connectivity index (χ4n) is 1.36. The molecule has 6 heteroatoms. The van der Waals surface area contributed by atoms with Crippen LogP contribution in [0.3, 0.4) is 0 Å². The molecule has 0 atom stereocenters. The van der Waals surface area contributed by atoms with Gasteiger partial charge in [-0.15, -0.1) is 11.3 Å². The van der Waals surface area contributed by atoms with Gasteiger partial charge in [0.2, 0.25) is 0 Å². The minimum absolute atomic E-state index is 0.0366. The van der Waals surface area contributed by atoms with Gasteiger partial charge in [0.1, 0.15) is 11.4 Å². The average Bonchev–Trinajstić information content (AvgIpc) is 2.63. The molecule has 0 unspecified atom stereocenters. The highest BCUT2D eigenvalue weighted by molar-refractivity contribution is 9.10. The van der Waals surface area contributed by atoms with E-state index in [2.05, 4.69) is 20.9 Å². The lowest BCUT2D eigenvalue weighted by molar-refractivity contribution is 0.0698. The van der Waals surface area contributed by atoms with Crippen molar-refractivity contribution in [3.8, 4) is 10.4 Å². The van der Waals surface area contributed by atoms with Crippen molar-refractivity contribution >= 4 is 39.1 Å². The van der Waals surface area contributed by atoms with Gasteiger partial charge in [-0.3, -0.25) is 0 Å². The lowest BCUT2D eigenvalue weighted by Gasteiger charge is -2.05. The summed E-state index contributed by atoms with van der Waals surface area (Å²) in [6.45, 7) is 0. The second-order valence-corrected chi connectivity index (χ2v) is 4.88. The molecule has 0 aliphatic heterocycles. The molecular weight excluding hydrogens is 292 g/mol. The molecule has 2 heterocycles. The summed E-state index contributed by atoms with van der Waals surface area (Å²) in [5.41, 5.74) is 6.21. The standard InChI is InChI=1S/C10H7BrN2O2S/c11-5-3-7(16-4-5)6-1-2-13-9(12)8(6)10(14)15/h1-4H,(H2,12,13)(H,14,15). The van der Waals surface area contributed by atoms with Crippen molar-refractivity contribution in [1.82, 2.24) is 4.98 Å². The van der Waals surface area contributed by atoms with E-state index in [1.54, 1.807) is 6.07 Å². The molecule has 3 N–H and O–H groups in total. The molecule has 16 heavy (non-hydrogen) atoms. The van der Waals surface area contributed by atoms with Gasteiger partial charge >= 0.3 is 5.97 Å². The number of thiophene rings is 1. The van der Waals surface area contributed by atoms with E-state index >= 15 is 0 Å². The van der Waals surface area contributed by atoms with Crippen LogP contribution in [0.1, 0.15) is 10.4 Å². The lowest BCUT2D eigenvalue weighted by atomic mass is 10.1. The van der Waals surface area contributed by atoms with E-state index in [-0.39, 0.29) is 11.4 Å². The summed E-state index contributed by atoms with van der Waals surface area (Å²) < 4.78 is 0.916. The minimum Gasteiger partial charge on any atom is -0.478 e. The van der Waals surface area contributed by atoms with Gasteiger partial charge in [0.15, 0.2) is 0 Å². The zero-order valence-electron chi connectivity index (χ0n) is 7.98. The molecule has 4 nitrogen and oxygen atoms in total. The number of aromatic carboxylic acids is 1. The third-order valence-electron chi connectivity index (χ3n) is 2.03. The molecule has 0 spiro atoms. The number of nitrogens with zero attached hydrogens (tertiary/aromatic N) is 1. The number of aromatic nitrogens is 1. The summed E-state index contributed by atoms with van der Waals surface area (Å²) in [4.78, 5) is 15.7. The van der Waals surface area contributed by atoms with Crippen LogP contribution >= 0.6 is 27.3 Å². The number of hydrogen-bond donors (Lipinski definition) is 2. The number of rotatable bonds is 2. The number of nitrogens with two attached hydrogens (primary N) is 1. The van der Waals surface area contributed by atoms with Crippen LogP contribution in [0.2, 0.25) is 0 Å². The van der Waals surface area contributed by atoms with Crippen LogP contribution in [0.25, 0.3) is 10.4 Å². The fraction of sp³-hybridized carbons (Fsp3) is 0. The Morgan fingerprint density at radius 3 is 2.88 bits per heavy atom. The van der Waals surface area contributed by atoms with Crippen LogP contribution < -0.4 is 5.73 Å². The van der Waals surface area contributed by atoms with E-state index in [0.29, 0.717) is 5.56 Å². The number of carboxylic acids is 1. The molecule has 2 rings (SSSR count). The van der Waals surface area contributed by atoms with Crippen LogP contribution in [-0.2, 0) is 0 Å². The van der Waals surface area contributed by atoms with Crippen molar-refractivity contribution in [3.05, 3.63) is 33.7 Å². The normalized spacial score (nSPS) is 10.3. The molecule has 0 radical (unpaired) electrons. The van der Waals surface area contributed by atoms with Crippen molar-refractivity contribution in [2.75, 3.05) is 5.73 Å². The van der Waals surface area contributed by atoms with Crippen LogP contribution in [0.15, 0.2) is 28.2 Å². The third kappa shape index (κ3) is 1.94. The number of halogens is 1. The van der Waals surface area contributed by atoms with Crippen LogP contribution in [-0.4, -0.2) is 16.1 Å². The molecule has 0 bridgehead atoms. The summed E-state index contributed by atoms with van der Waals surface area (Å²) in [6, 6.07) is 3.50. The molecule has 2 aromatic rings. The summed E-state index contributed by atoms with van der Waals surface area (Å²) >= 11 is 4.78. The largest absolute Gasteiger partial charge is 0.478 e. The molecule has 0 fully saturated rings. The zero-order valence-corrected chi connectivity index (χ0v) is 10.4. The quantitative estimate of drug-likeness (QED) is 0.894. The van der Waals surface area contributed by atoms with Crippen LogP contribution in [0, 0.1) is 0 Å². The first-order valence-electron chi connectivity index (χ1n) is 4.32. The van der Waals surface area contributed by atoms with Gasteiger partial charge in [0.05, 0.1) is 0 Å². The maximum atomic E-state index is 11.1. The Bertz CT molecular complexity index is 554. The monoisotopic (exact) mass is 298 g/mol. The zero-order chi connectivity index (χ0) is 11.7. The van der Waals surface area contributed by atoms with Gasteiger partial charge < -0.3 is 10.8 Å². The number of nitrogen functional groups attached to an aromatic ring is 1. The van der Waals surface area contributed by atoms with Gasteiger partial charge in [-0.1, -0.05) is 0 Å². The van der Waals surface area contributed by atoms with Crippen LogP contribution in [0.4, 0.5) is 5.82 Å². The Labute approximate surface area is 104 Å². The molecule has 0 amide bonds.